The van der Waals surface area contributed by atoms with Crippen molar-refractivity contribution in [3.63, 3.8) is 0 Å². The highest BCUT2D eigenvalue weighted by molar-refractivity contribution is 7.89. The third kappa shape index (κ3) is 4.93. The molecule has 0 aliphatic carbocycles. The van der Waals surface area contributed by atoms with E-state index in [9.17, 15) is 18.5 Å². The van der Waals surface area contributed by atoms with E-state index in [1.54, 1.807) is 12.1 Å². The second-order valence-electron chi connectivity index (χ2n) is 6.29. The van der Waals surface area contributed by atoms with E-state index in [0.29, 0.717) is 31.1 Å². The lowest BCUT2D eigenvalue weighted by molar-refractivity contribution is -0.384. The predicted molar refractivity (Wildman–Crippen MR) is 112 cm³/mol. The summed E-state index contributed by atoms with van der Waals surface area (Å²) in [6, 6.07) is 10.9. The molecule has 0 amide bonds. The molecule has 0 saturated carbocycles. The fraction of sp³-hybridized carbons (Fsp3) is 0.316. The zero-order valence-electron chi connectivity index (χ0n) is 16.4. The highest BCUT2D eigenvalue weighted by atomic mass is 32.2. The summed E-state index contributed by atoms with van der Waals surface area (Å²) in [4.78, 5) is 10.7. The van der Waals surface area contributed by atoms with Crippen LogP contribution in [0.1, 0.15) is 12.5 Å². The zero-order chi connectivity index (χ0) is 21.6. The molecular weight excluding hydrogens is 412 g/mol. The Morgan fingerprint density at radius 3 is 2.70 bits per heavy atom. The molecule has 0 unspecified atom stereocenters. The molecule has 30 heavy (non-hydrogen) atoms. The first-order valence-corrected chi connectivity index (χ1v) is 10.7. The molecule has 1 saturated heterocycles. The molecule has 1 N–H and O–H groups in total. The average molecular weight is 434 g/mol. The van der Waals surface area contributed by atoms with Gasteiger partial charge in [-0.3, -0.25) is 15.5 Å². The summed E-state index contributed by atoms with van der Waals surface area (Å²) >= 11 is 0. The van der Waals surface area contributed by atoms with Gasteiger partial charge in [-0.1, -0.05) is 12.1 Å². The largest absolute Gasteiger partial charge is 0.493 e. The van der Waals surface area contributed by atoms with E-state index in [-0.39, 0.29) is 29.4 Å². The molecule has 10 nitrogen and oxygen atoms in total. The maximum atomic E-state index is 12.8. The molecule has 0 spiro atoms. The number of nitro benzene ring substituents is 1. The Balaban J connectivity index is 1.83. The summed E-state index contributed by atoms with van der Waals surface area (Å²) in [7, 11) is -3.84. The van der Waals surface area contributed by atoms with Crippen molar-refractivity contribution in [2.45, 2.75) is 11.8 Å². The number of anilines is 1. The van der Waals surface area contributed by atoms with Crippen LogP contribution in [-0.4, -0.2) is 56.8 Å². The van der Waals surface area contributed by atoms with Crippen LogP contribution < -0.4 is 10.2 Å². The lowest BCUT2D eigenvalue weighted by Gasteiger charge is -2.26. The molecular formula is C19H22N4O6S. The Kier molecular flexibility index (Phi) is 6.98. The van der Waals surface area contributed by atoms with Crippen molar-refractivity contribution in [1.29, 1.82) is 0 Å². The summed E-state index contributed by atoms with van der Waals surface area (Å²) in [6.45, 7) is 3.35. The zero-order valence-corrected chi connectivity index (χ0v) is 17.2. The molecule has 1 aliphatic heterocycles. The molecule has 1 aliphatic rings. The van der Waals surface area contributed by atoms with Crippen LogP contribution in [0.4, 0.5) is 11.4 Å². The minimum absolute atomic E-state index is 0.0751. The summed E-state index contributed by atoms with van der Waals surface area (Å²) in [6.07, 6.45) is 1.48. The van der Waals surface area contributed by atoms with E-state index in [4.69, 9.17) is 9.47 Å². The molecule has 0 bridgehead atoms. The van der Waals surface area contributed by atoms with Gasteiger partial charge >= 0.3 is 0 Å². The number of ether oxygens (including phenoxy) is 2. The van der Waals surface area contributed by atoms with Crippen molar-refractivity contribution in [1.82, 2.24) is 4.31 Å². The first kappa shape index (κ1) is 21.7. The number of hydrazone groups is 1. The lowest BCUT2D eigenvalue weighted by Crippen LogP contribution is -2.40. The van der Waals surface area contributed by atoms with Crippen molar-refractivity contribution < 1.29 is 22.8 Å². The smallest absolute Gasteiger partial charge is 0.295 e. The van der Waals surface area contributed by atoms with Crippen molar-refractivity contribution in [2.75, 3.05) is 38.3 Å². The van der Waals surface area contributed by atoms with E-state index >= 15 is 0 Å². The van der Waals surface area contributed by atoms with E-state index in [1.807, 2.05) is 19.1 Å². The maximum Gasteiger partial charge on any atom is 0.295 e. The number of benzene rings is 2. The van der Waals surface area contributed by atoms with Crippen LogP contribution in [0.3, 0.4) is 0 Å². The second-order valence-corrected chi connectivity index (χ2v) is 8.23. The van der Waals surface area contributed by atoms with E-state index in [0.717, 1.165) is 6.07 Å². The quantitative estimate of drug-likeness (QED) is 0.384. The first-order valence-electron chi connectivity index (χ1n) is 9.30. The van der Waals surface area contributed by atoms with Crippen molar-refractivity contribution >= 4 is 27.6 Å². The van der Waals surface area contributed by atoms with Gasteiger partial charge in [0.15, 0.2) is 0 Å². The molecule has 0 aromatic heterocycles. The number of morpholine rings is 1. The van der Waals surface area contributed by atoms with Gasteiger partial charge in [0.05, 0.1) is 35.9 Å². The molecule has 1 heterocycles. The number of para-hydroxylation sites is 1. The fourth-order valence-corrected chi connectivity index (χ4v) is 4.33. The number of hydrogen-bond donors (Lipinski definition) is 1. The molecule has 11 heteroatoms. The van der Waals surface area contributed by atoms with E-state index in [2.05, 4.69) is 10.5 Å². The first-order chi connectivity index (χ1) is 14.4. The van der Waals surface area contributed by atoms with Gasteiger partial charge in [0.2, 0.25) is 10.0 Å². The number of nitrogens with zero attached hydrogens (tertiary/aromatic N) is 3. The third-order valence-corrected chi connectivity index (χ3v) is 6.28. The van der Waals surface area contributed by atoms with Crippen LogP contribution in [0, 0.1) is 10.1 Å². The summed E-state index contributed by atoms with van der Waals surface area (Å²) in [5, 5.41) is 15.6. The van der Waals surface area contributed by atoms with Gasteiger partial charge in [0.25, 0.3) is 5.69 Å². The van der Waals surface area contributed by atoms with Crippen LogP contribution in [-0.2, 0) is 14.8 Å². The van der Waals surface area contributed by atoms with E-state index < -0.39 is 14.9 Å². The molecule has 2 aromatic rings. The van der Waals surface area contributed by atoms with Crippen LogP contribution in [0.25, 0.3) is 0 Å². The van der Waals surface area contributed by atoms with Crippen LogP contribution in [0.2, 0.25) is 0 Å². The summed E-state index contributed by atoms with van der Waals surface area (Å²) in [5.74, 6) is 0.631. The molecule has 0 atom stereocenters. The number of sulfonamides is 1. The minimum Gasteiger partial charge on any atom is -0.493 e. The Labute approximate surface area is 174 Å². The maximum absolute atomic E-state index is 12.8. The summed E-state index contributed by atoms with van der Waals surface area (Å²) in [5.41, 5.74) is 3.00. The number of nitro groups is 1. The summed E-state index contributed by atoms with van der Waals surface area (Å²) < 4.78 is 37.4. The van der Waals surface area contributed by atoms with Crippen LogP contribution in [0.15, 0.2) is 52.5 Å². The Hall–Kier alpha value is -3.02. The van der Waals surface area contributed by atoms with Gasteiger partial charge < -0.3 is 9.47 Å². The molecule has 1 fully saturated rings. The highest BCUT2D eigenvalue weighted by Gasteiger charge is 2.28. The predicted octanol–water partition coefficient (Wildman–Crippen LogP) is 2.46. The van der Waals surface area contributed by atoms with Gasteiger partial charge in [-0.25, -0.2) is 8.42 Å². The number of nitrogens with one attached hydrogen (secondary N) is 1. The standard InChI is InChI=1S/C19H22N4O6S/c1-2-29-19-6-4-3-5-15(19)14-20-21-17-8-7-16(13-18(17)23(24)25)30(26,27)22-9-11-28-12-10-22/h3-8,13-14,21H,2,9-12H2,1H3/b20-14-. The average Bonchev–Trinajstić information content (AvgIpc) is 2.75. The van der Waals surface area contributed by atoms with Crippen LogP contribution in [0.5, 0.6) is 5.75 Å². The number of hydrogen-bond acceptors (Lipinski definition) is 8. The van der Waals surface area contributed by atoms with Gasteiger partial charge in [0, 0.05) is 24.7 Å². The van der Waals surface area contributed by atoms with Gasteiger partial charge in [-0.05, 0) is 31.2 Å². The monoisotopic (exact) mass is 434 g/mol. The van der Waals surface area contributed by atoms with Crippen molar-refractivity contribution in [3.05, 3.63) is 58.1 Å². The molecule has 2 aromatic carbocycles. The molecule has 3 rings (SSSR count). The lowest BCUT2D eigenvalue weighted by atomic mass is 10.2. The van der Waals surface area contributed by atoms with Gasteiger partial charge in [0.1, 0.15) is 11.4 Å². The van der Waals surface area contributed by atoms with Crippen LogP contribution >= 0.6 is 0 Å². The fourth-order valence-electron chi connectivity index (χ4n) is 2.90. The Morgan fingerprint density at radius 2 is 2.00 bits per heavy atom. The van der Waals surface area contributed by atoms with Crippen molar-refractivity contribution in [2.24, 2.45) is 5.10 Å². The molecule has 160 valence electrons. The van der Waals surface area contributed by atoms with Gasteiger partial charge in [-0.2, -0.15) is 9.41 Å². The minimum atomic E-state index is -3.84. The van der Waals surface area contributed by atoms with Gasteiger partial charge in [-0.15, -0.1) is 0 Å². The topological polar surface area (TPSA) is 123 Å². The Bertz CT molecular complexity index is 1040. The number of rotatable bonds is 8. The highest BCUT2D eigenvalue weighted by Crippen LogP contribution is 2.29. The SMILES string of the molecule is CCOc1ccccc1/C=N\Nc1ccc(S(=O)(=O)N2CCOCC2)cc1[N+](=O)[O-]. The second kappa shape index (κ2) is 9.65. The van der Waals surface area contributed by atoms with Crippen molar-refractivity contribution in [3.8, 4) is 5.75 Å². The third-order valence-electron chi connectivity index (χ3n) is 4.38. The molecule has 0 radical (unpaired) electrons. The normalized spacial score (nSPS) is 15.2. The Morgan fingerprint density at radius 1 is 1.27 bits per heavy atom. The van der Waals surface area contributed by atoms with E-state index in [1.165, 1.54) is 22.7 Å².